The lowest BCUT2D eigenvalue weighted by molar-refractivity contribution is 0.368. The SMILES string of the molecule is CCn1nc(C)c(Cl)c1CCCC(Cl)C(C)(C)C. The van der Waals surface area contributed by atoms with Gasteiger partial charge in [0, 0.05) is 11.9 Å². The number of hydrogen-bond acceptors (Lipinski definition) is 1. The Morgan fingerprint density at radius 3 is 2.44 bits per heavy atom. The quantitative estimate of drug-likeness (QED) is 0.710. The van der Waals surface area contributed by atoms with Crippen molar-refractivity contribution >= 4 is 23.2 Å². The molecule has 0 bridgehead atoms. The summed E-state index contributed by atoms with van der Waals surface area (Å²) in [5.74, 6) is 0. The minimum atomic E-state index is 0.159. The number of rotatable bonds is 5. The summed E-state index contributed by atoms with van der Waals surface area (Å²) in [5, 5.41) is 5.45. The van der Waals surface area contributed by atoms with Gasteiger partial charge in [0.15, 0.2) is 0 Å². The molecule has 0 aliphatic carbocycles. The standard InChI is InChI=1S/C14H24Cl2N2/c1-6-18-11(13(16)10(2)17-18)8-7-9-12(15)14(3,4)5/h12H,6-9H2,1-5H3. The van der Waals surface area contributed by atoms with Crippen LogP contribution in [0.4, 0.5) is 0 Å². The van der Waals surface area contributed by atoms with E-state index in [4.69, 9.17) is 23.2 Å². The van der Waals surface area contributed by atoms with Gasteiger partial charge in [-0.2, -0.15) is 5.10 Å². The van der Waals surface area contributed by atoms with E-state index < -0.39 is 0 Å². The van der Waals surface area contributed by atoms with Gasteiger partial charge in [-0.05, 0) is 38.5 Å². The van der Waals surface area contributed by atoms with Crippen molar-refractivity contribution in [3.05, 3.63) is 16.4 Å². The third kappa shape index (κ3) is 3.89. The first-order valence-electron chi connectivity index (χ1n) is 6.63. The summed E-state index contributed by atoms with van der Waals surface area (Å²) >= 11 is 12.7. The maximum Gasteiger partial charge on any atom is 0.0847 e. The molecule has 1 aromatic heterocycles. The van der Waals surface area contributed by atoms with Gasteiger partial charge in [-0.15, -0.1) is 11.6 Å². The first-order chi connectivity index (χ1) is 8.27. The zero-order chi connectivity index (χ0) is 13.9. The molecular weight excluding hydrogens is 267 g/mol. The van der Waals surface area contributed by atoms with Crippen LogP contribution in [-0.4, -0.2) is 15.2 Å². The third-order valence-electron chi connectivity index (χ3n) is 3.26. The summed E-state index contributed by atoms with van der Waals surface area (Å²) in [6.45, 7) is 11.4. The Morgan fingerprint density at radius 2 is 1.94 bits per heavy atom. The van der Waals surface area contributed by atoms with E-state index in [9.17, 15) is 0 Å². The molecule has 0 aromatic carbocycles. The maximum atomic E-state index is 6.39. The van der Waals surface area contributed by atoms with E-state index in [-0.39, 0.29) is 10.8 Å². The second-order valence-electron chi connectivity index (χ2n) is 5.89. The molecule has 0 aliphatic rings. The van der Waals surface area contributed by atoms with Gasteiger partial charge in [0.05, 0.1) is 16.4 Å². The van der Waals surface area contributed by atoms with E-state index >= 15 is 0 Å². The van der Waals surface area contributed by atoms with Crippen molar-refractivity contribution in [1.82, 2.24) is 9.78 Å². The number of alkyl halides is 1. The Hall–Kier alpha value is -0.210. The molecule has 0 aliphatic heterocycles. The fraction of sp³-hybridized carbons (Fsp3) is 0.786. The minimum Gasteiger partial charge on any atom is -0.268 e. The fourth-order valence-electron chi connectivity index (χ4n) is 1.99. The summed E-state index contributed by atoms with van der Waals surface area (Å²) in [7, 11) is 0. The van der Waals surface area contributed by atoms with E-state index in [1.807, 2.05) is 11.6 Å². The molecule has 1 rings (SSSR count). The summed E-state index contributed by atoms with van der Waals surface area (Å²) < 4.78 is 2.00. The average Bonchev–Trinajstić information content (AvgIpc) is 2.55. The number of hydrogen-bond donors (Lipinski definition) is 0. The maximum absolute atomic E-state index is 6.39. The Morgan fingerprint density at radius 1 is 1.33 bits per heavy atom. The largest absolute Gasteiger partial charge is 0.268 e. The van der Waals surface area contributed by atoms with Gasteiger partial charge in [-0.25, -0.2) is 0 Å². The lowest BCUT2D eigenvalue weighted by Gasteiger charge is -2.25. The predicted octanol–water partition coefficient (Wildman–Crippen LogP) is 4.84. The Labute approximate surface area is 121 Å². The van der Waals surface area contributed by atoms with Crippen molar-refractivity contribution in [3.63, 3.8) is 0 Å². The molecule has 0 amide bonds. The molecule has 0 radical (unpaired) electrons. The van der Waals surface area contributed by atoms with Crippen LogP contribution in [0, 0.1) is 12.3 Å². The van der Waals surface area contributed by atoms with E-state index in [1.54, 1.807) is 0 Å². The first-order valence-corrected chi connectivity index (χ1v) is 7.44. The molecule has 104 valence electrons. The smallest absolute Gasteiger partial charge is 0.0847 e. The third-order valence-corrected chi connectivity index (χ3v) is 4.63. The molecule has 1 atom stereocenters. The van der Waals surface area contributed by atoms with E-state index in [1.165, 1.54) is 0 Å². The number of aromatic nitrogens is 2. The normalized spacial score (nSPS) is 13.9. The second-order valence-corrected chi connectivity index (χ2v) is 6.79. The Bertz CT molecular complexity index is 391. The van der Waals surface area contributed by atoms with Crippen LogP contribution in [0.25, 0.3) is 0 Å². The number of nitrogens with zero attached hydrogens (tertiary/aromatic N) is 2. The predicted molar refractivity (Wildman–Crippen MR) is 79.7 cm³/mol. The monoisotopic (exact) mass is 290 g/mol. The van der Waals surface area contributed by atoms with Gasteiger partial charge in [-0.1, -0.05) is 32.4 Å². The highest BCUT2D eigenvalue weighted by molar-refractivity contribution is 6.31. The second kappa shape index (κ2) is 6.29. The van der Waals surface area contributed by atoms with Crippen molar-refractivity contribution < 1.29 is 0 Å². The van der Waals surface area contributed by atoms with Crippen molar-refractivity contribution in [2.24, 2.45) is 5.41 Å². The molecule has 0 fully saturated rings. The van der Waals surface area contributed by atoms with Crippen LogP contribution in [0.1, 0.15) is 51.9 Å². The number of aryl methyl sites for hydroxylation is 2. The lowest BCUT2D eigenvalue weighted by Crippen LogP contribution is -2.20. The van der Waals surface area contributed by atoms with Gasteiger partial charge in [0.25, 0.3) is 0 Å². The molecule has 0 N–H and O–H groups in total. The van der Waals surface area contributed by atoms with Gasteiger partial charge in [0.1, 0.15) is 0 Å². The summed E-state index contributed by atoms with van der Waals surface area (Å²) in [6, 6.07) is 0. The molecule has 2 nitrogen and oxygen atoms in total. The van der Waals surface area contributed by atoms with Crippen LogP contribution in [-0.2, 0) is 13.0 Å². The summed E-state index contributed by atoms with van der Waals surface area (Å²) in [6.07, 6.45) is 3.01. The molecule has 4 heteroatoms. The van der Waals surface area contributed by atoms with Crippen LogP contribution >= 0.6 is 23.2 Å². The zero-order valence-corrected chi connectivity index (χ0v) is 13.6. The highest BCUT2D eigenvalue weighted by Gasteiger charge is 2.22. The zero-order valence-electron chi connectivity index (χ0n) is 12.1. The molecule has 18 heavy (non-hydrogen) atoms. The van der Waals surface area contributed by atoms with Gasteiger partial charge < -0.3 is 0 Å². The van der Waals surface area contributed by atoms with Crippen molar-refractivity contribution in [2.75, 3.05) is 0 Å². The molecular formula is C14H24Cl2N2. The van der Waals surface area contributed by atoms with Gasteiger partial charge in [-0.3, -0.25) is 4.68 Å². The van der Waals surface area contributed by atoms with E-state index in [0.717, 1.165) is 42.2 Å². The molecule has 0 saturated carbocycles. The van der Waals surface area contributed by atoms with Crippen LogP contribution in [0.2, 0.25) is 5.02 Å². The highest BCUT2D eigenvalue weighted by atomic mass is 35.5. The summed E-state index contributed by atoms with van der Waals surface area (Å²) in [5.41, 5.74) is 2.23. The van der Waals surface area contributed by atoms with Gasteiger partial charge in [0.2, 0.25) is 0 Å². The van der Waals surface area contributed by atoms with Crippen molar-refractivity contribution in [2.45, 2.75) is 65.8 Å². The number of halogens is 2. The van der Waals surface area contributed by atoms with Crippen LogP contribution in [0.3, 0.4) is 0 Å². The average molecular weight is 291 g/mol. The highest BCUT2D eigenvalue weighted by Crippen LogP contribution is 2.29. The molecule has 1 unspecified atom stereocenters. The Balaban J connectivity index is 2.59. The van der Waals surface area contributed by atoms with Crippen molar-refractivity contribution in [1.29, 1.82) is 0 Å². The first kappa shape index (κ1) is 15.8. The van der Waals surface area contributed by atoms with Gasteiger partial charge >= 0.3 is 0 Å². The summed E-state index contributed by atoms with van der Waals surface area (Å²) in [4.78, 5) is 0. The van der Waals surface area contributed by atoms with Crippen molar-refractivity contribution in [3.8, 4) is 0 Å². The molecule has 0 saturated heterocycles. The fourth-order valence-corrected chi connectivity index (χ4v) is 2.37. The molecule has 1 heterocycles. The van der Waals surface area contributed by atoms with Crippen LogP contribution in [0.5, 0.6) is 0 Å². The van der Waals surface area contributed by atoms with Crippen LogP contribution in [0.15, 0.2) is 0 Å². The Kier molecular flexibility index (Phi) is 5.54. The lowest BCUT2D eigenvalue weighted by atomic mass is 9.88. The van der Waals surface area contributed by atoms with E-state index in [0.29, 0.717) is 0 Å². The van der Waals surface area contributed by atoms with E-state index in [2.05, 4.69) is 32.8 Å². The molecule has 1 aromatic rings. The topological polar surface area (TPSA) is 17.8 Å². The minimum absolute atomic E-state index is 0.159. The van der Waals surface area contributed by atoms with Crippen LogP contribution < -0.4 is 0 Å². The molecule has 0 spiro atoms.